The molecular formula is C15H20ClN3O2. The standard InChI is InChI=1S/C15H20ClN3O2/c1-3-4-7-18(2)15(21)10-19-13-6-5-11(16)8-12(13)17-9-14(19)20/h5-6,8,17H,3-4,7,9-10H2,1-2H3. The van der Waals surface area contributed by atoms with Crippen molar-refractivity contribution in [3.05, 3.63) is 23.2 Å². The molecule has 2 rings (SSSR count). The molecule has 0 aromatic heterocycles. The van der Waals surface area contributed by atoms with Gasteiger partial charge in [-0.15, -0.1) is 0 Å². The summed E-state index contributed by atoms with van der Waals surface area (Å²) in [4.78, 5) is 27.5. The Hall–Kier alpha value is -1.75. The van der Waals surface area contributed by atoms with Gasteiger partial charge in [-0.25, -0.2) is 0 Å². The lowest BCUT2D eigenvalue weighted by molar-refractivity contribution is -0.130. The van der Waals surface area contributed by atoms with E-state index in [0.717, 1.165) is 18.5 Å². The molecule has 1 heterocycles. The molecule has 6 heteroatoms. The molecule has 0 unspecified atom stereocenters. The van der Waals surface area contributed by atoms with Crippen molar-refractivity contribution in [2.24, 2.45) is 0 Å². The molecule has 0 atom stereocenters. The number of nitrogens with one attached hydrogen (secondary N) is 1. The largest absolute Gasteiger partial charge is 0.374 e. The zero-order chi connectivity index (χ0) is 15.4. The van der Waals surface area contributed by atoms with E-state index in [1.165, 1.54) is 4.90 Å². The molecule has 0 fully saturated rings. The maximum absolute atomic E-state index is 12.2. The van der Waals surface area contributed by atoms with Crippen LogP contribution in [0.25, 0.3) is 0 Å². The van der Waals surface area contributed by atoms with Gasteiger partial charge >= 0.3 is 0 Å². The molecule has 0 radical (unpaired) electrons. The number of unbranched alkanes of at least 4 members (excludes halogenated alkanes) is 1. The van der Waals surface area contributed by atoms with E-state index in [1.807, 2.05) is 0 Å². The van der Waals surface area contributed by atoms with Gasteiger partial charge in [-0.3, -0.25) is 14.5 Å². The second-order valence-electron chi connectivity index (χ2n) is 5.16. The minimum absolute atomic E-state index is 0.0559. The first-order chi connectivity index (χ1) is 10.0. The van der Waals surface area contributed by atoms with Crippen molar-refractivity contribution in [2.45, 2.75) is 19.8 Å². The average Bonchev–Trinajstić information content (AvgIpc) is 2.47. The Morgan fingerprint density at radius 2 is 2.24 bits per heavy atom. The maximum atomic E-state index is 12.2. The number of amides is 2. The van der Waals surface area contributed by atoms with Crippen LogP contribution in [-0.4, -0.2) is 43.4 Å². The number of halogens is 1. The number of carbonyl (C=O) groups excluding carboxylic acids is 2. The Kier molecular flexibility index (Phi) is 5.07. The smallest absolute Gasteiger partial charge is 0.246 e. The minimum Gasteiger partial charge on any atom is -0.374 e. The highest BCUT2D eigenvalue weighted by Gasteiger charge is 2.26. The Balaban J connectivity index is 2.13. The summed E-state index contributed by atoms with van der Waals surface area (Å²) >= 11 is 5.96. The van der Waals surface area contributed by atoms with Crippen LogP contribution in [0.5, 0.6) is 0 Å². The van der Waals surface area contributed by atoms with E-state index in [-0.39, 0.29) is 24.9 Å². The van der Waals surface area contributed by atoms with Gasteiger partial charge in [-0.05, 0) is 24.6 Å². The fourth-order valence-corrected chi connectivity index (χ4v) is 2.41. The lowest BCUT2D eigenvalue weighted by Gasteiger charge is -2.31. The van der Waals surface area contributed by atoms with Crippen molar-refractivity contribution in [1.82, 2.24) is 4.90 Å². The fraction of sp³-hybridized carbons (Fsp3) is 0.467. The summed E-state index contributed by atoms with van der Waals surface area (Å²) in [5.41, 5.74) is 1.49. The van der Waals surface area contributed by atoms with Crippen molar-refractivity contribution in [1.29, 1.82) is 0 Å². The molecule has 21 heavy (non-hydrogen) atoms. The van der Waals surface area contributed by atoms with Crippen LogP contribution in [-0.2, 0) is 9.59 Å². The molecule has 5 nitrogen and oxygen atoms in total. The second-order valence-corrected chi connectivity index (χ2v) is 5.60. The summed E-state index contributed by atoms with van der Waals surface area (Å²) < 4.78 is 0. The van der Waals surface area contributed by atoms with Gasteiger partial charge in [0.25, 0.3) is 0 Å². The predicted octanol–water partition coefficient (Wildman–Crippen LogP) is 2.36. The zero-order valence-corrected chi connectivity index (χ0v) is 13.1. The Morgan fingerprint density at radius 1 is 1.48 bits per heavy atom. The van der Waals surface area contributed by atoms with Crippen LogP contribution < -0.4 is 10.2 Å². The third kappa shape index (κ3) is 3.67. The molecule has 0 bridgehead atoms. The number of likely N-dealkylation sites (N-methyl/N-ethyl adjacent to an activating group) is 1. The number of anilines is 2. The van der Waals surface area contributed by atoms with Crippen LogP contribution in [0, 0.1) is 0 Å². The molecule has 2 amide bonds. The van der Waals surface area contributed by atoms with Crippen LogP contribution in [0.2, 0.25) is 5.02 Å². The van der Waals surface area contributed by atoms with Gasteiger partial charge in [0.05, 0.1) is 17.9 Å². The lowest BCUT2D eigenvalue weighted by Crippen LogP contribution is -2.46. The summed E-state index contributed by atoms with van der Waals surface area (Å²) in [6.07, 6.45) is 2.00. The van der Waals surface area contributed by atoms with Gasteiger partial charge in [-0.1, -0.05) is 24.9 Å². The molecule has 1 aliphatic heterocycles. The first-order valence-corrected chi connectivity index (χ1v) is 7.48. The summed E-state index contributed by atoms with van der Waals surface area (Å²) in [5.74, 6) is -0.165. The highest BCUT2D eigenvalue weighted by Crippen LogP contribution is 2.31. The third-order valence-corrected chi connectivity index (χ3v) is 3.78. The van der Waals surface area contributed by atoms with Gasteiger partial charge in [0.1, 0.15) is 6.54 Å². The average molecular weight is 310 g/mol. The van der Waals surface area contributed by atoms with Crippen molar-refractivity contribution >= 4 is 34.8 Å². The van der Waals surface area contributed by atoms with E-state index >= 15 is 0 Å². The summed E-state index contributed by atoms with van der Waals surface area (Å²) in [5, 5.41) is 3.62. The highest BCUT2D eigenvalue weighted by atomic mass is 35.5. The van der Waals surface area contributed by atoms with Crippen LogP contribution in [0.15, 0.2) is 18.2 Å². The zero-order valence-electron chi connectivity index (χ0n) is 12.4. The van der Waals surface area contributed by atoms with Crippen LogP contribution in [0.4, 0.5) is 11.4 Å². The number of hydrogen-bond donors (Lipinski definition) is 1. The molecule has 1 aromatic rings. The summed E-state index contributed by atoms with van der Waals surface area (Å²) in [7, 11) is 1.77. The SMILES string of the molecule is CCCCN(C)C(=O)CN1C(=O)CNc2cc(Cl)ccc21. The predicted molar refractivity (Wildman–Crippen MR) is 84.8 cm³/mol. The second kappa shape index (κ2) is 6.80. The van der Waals surface area contributed by atoms with Crippen molar-refractivity contribution in [3.63, 3.8) is 0 Å². The first kappa shape index (κ1) is 15.6. The molecular weight excluding hydrogens is 290 g/mol. The Morgan fingerprint density at radius 3 is 2.95 bits per heavy atom. The van der Waals surface area contributed by atoms with E-state index in [9.17, 15) is 9.59 Å². The summed E-state index contributed by atoms with van der Waals surface area (Å²) in [6.45, 7) is 3.04. The number of hydrogen-bond acceptors (Lipinski definition) is 3. The highest BCUT2D eigenvalue weighted by molar-refractivity contribution is 6.31. The molecule has 0 saturated carbocycles. The molecule has 1 N–H and O–H groups in total. The maximum Gasteiger partial charge on any atom is 0.246 e. The Bertz CT molecular complexity index is 548. The van der Waals surface area contributed by atoms with Crippen molar-refractivity contribution in [2.75, 3.05) is 36.9 Å². The number of nitrogens with zero attached hydrogens (tertiary/aromatic N) is 2. The molecule has 1 aliphatic rings. The van der Waals surface area contributed by atoms with Crippen LogP contribution in [0.3, 0.4) is 0 Å². The van der Waals surface area contributed by atoms with E-state index < -0.39 is 0 Å². The molecule has 114 valence electrons. The number of rotatable bonds is 5. The Labute approximate surface area is 129 Å². The van der Waals surface area contributed by atoms with E-state index in [0.29, 0.717) is 17.3 Å². The third-order valence-electron chi connectivity index (χ3n) is 3.55. The van der Waals surface area contributed by atoms with Crippen LogP contribution >= 0.6 is 11.6 Å². The monoisotopic (exact) mass is 309 g/mol. The molecule has 0 saturated heterocycles. The number of benzene rings is 1. The molecule has 0 aliphatic carbocycles. The first-order valence-electron chi connectivity index (χ1n) is 7.10. The van der Waals surface area contributed by atoms with E-state index in [1.54, 1.807) is 30.1 Å². The van der Waals surface area contributed by atoms with Gasteiger partial charge in [0.15, 0.2) is 0 Å². The quantitative estimate of drug-likeness (QED) is 0.908. The fourth-order valence-electron chi connectivity index (χ4n) is 2.24. The van der Waals surface area contributed by atoms with Gasteiger partial charge in [0.2, 0.25) is 11.8 Å². The number of carbonyl (C=O) groups is 2. The topological polar surface area (TPSA) is 52.7 Å². The molecule has 1 aromatic carbocycles. The number of fused-ring (bicyclic) bond motifs is 1. The van der Waals surface area contributed by atoms with Gasteiger partial charge < -0.3 is 10.2 Å². The molecule has 0 spiro atoms. The summed E-state index contributed by atoms with van der Waals surface area (Å²) in [6, 6.07) is 5.25. The van der Waals surface area contributed by atoms with Crippen LogP contribution in [0.1, 0.15) is 19.8 Å². The van der Waals surface area contributed by atoms with Crippen molar-refractivity contribution in [3.8, 4) is 0 Å². The van der Waals surface area contributed by atoms with Gasteiger partial charge in [-0.2, -0.15) is 0 Å². The lowest BCUT2D eigenvalue weighted by atomic mass is 10.2. The van der Waals surface area contributed by atoms with Crippen molar-refractivity contribution < 1.29 is 9.59 Å². The van der Waals surface area contributed by atoms with E-state index in [2.05, 4.69) is 12.2 Å². The minimum atomic E-state index is -0.109. The van der Waals surface area contributed by atoms with E-state index in [4.69, 9.17) is 11.6 Å². The normalized spacial score (nSPS) is 13.7. The van der Waals surface area contributed by atoms with Gasteiger partial charge in [0, 0.05) is 18.6 Å².